The van der Waals surface area contributed by atoms with Crippen LogP contribution >= 0.6 is 0 Å². The molecule has 12 nitrogen and oxygen atoms in total. The smallest absolute Gasteiger partial charge is 0.407 e. The van der Waals surface area contributed by atoms with E-state index in [1.165, 1.54) is 7.11 Å². The van der Waals surface area contributed by atoms with Gasteiger partial charge in [-0.25, -0.2) is 9.78 Å². The summed E-state index contributed by atoms with van der Waals surface area (Å²) in [6.45, 7) is 8.15. The number of nitrogens with two attached hydrogens (primary N) is 1. The molecule has 0 unspecified atom stereocenters. The monoisotopic (exact) mass is 695 g/mol. The Hall–Kier alpha value is -4.81. The molecular weight excluding hydrogens is 646 g/mol. The number of allylic oxidation sites excluding steroid dienone is 1. The highest BCUT2D eigenvalue weighted by atomic mass is 16.5. The van der Waals surface area contributed by atoms with Gasteiger partial charge >= 0.3 is 6.09 Å². The van der Waals surface area contributed by atoms with Crippen LogP contribution in [0.3, 0.4) is 0 Å². The fourth-order valence-corrected chi connectivity index (χ4v) is 7.25. The predicted molar refractivity (Wildman–Crippen MR) is 196 cm³/mol. The van der Waals surface area contributed by atoms with E-state index in [4.69, 9.17) is 15.5 Å². The molecule has 12 heteroatoms. The molecule has 2 fully saturated rings. The molecular formula is C39H49N7O5. The summed E-state index contributed by atoms with van der Waals surface area (Å²) in [6.07, 6.45) is 7.12. The van der Waals surface area contributed by atoms with Crippen LogP contribution in [0.15, 0.2) is 65.9 Å². The summed E-state index contributed by atoms with van der Waals surface area (Å²) < 4.78 is 4.75. The normalized spacial score (nSPS) is 20.3. The molecule has 51 heavy (non-hydrogen) atoms. The molecule has 4 atom stereocenters. The Kier molecular flexibility index (Phi) is 10.5. The fraction of sp³-hybridized carbons (Fsp3) is 0.462. The van der Waals surface area contributed by atoms with Crippen molar-refractivity contribution >= 4 is 29.2 Å². The second kappa shape index (κ2) is 14.8. The summed E-state index contributed by atoms with van der Waals surface area (Å²) in [7, 11) is 1.29. The van der Waals surface area contributed by atoms with Crippen molar-refractivity contribution in [3.63, 3.8) is 0 Å². The highest BCUT2D eigenvalue weighted by molar-refractivity contribution is 6.03. The first kappa shape index (κ1) is 36.0. The van der Waals surface area contributed by atoms with Crippen LogP contribution in [0.25, 0.3) is 28.0 Å². The average molecular weight is 696 g/mol. The molecule has 6 rings (SSSR count). The number of carbonyl (C=O) groups excluding carboxylic acids is 3. The number of carbonyl (C=O) groups is 3. The molecule has 3 amide bonds. The Morgan fingerprint density at radius 3 is 2.08 bits per heavy atom. The van der Waals surface area contributed by atoms with Crippen LogP contribution < -0.4 is 11.1 Å². The number of aromatic nitrogens is 2. The summed E-state index contributed by atoms with van der Waals surface area (Å²) in [5.74, 6) is 0.265. The van der Waals surface area contributed by atoms with E-state index in [0.717, 1.165) is 70.7 Å². The van der Waals surface area contributed by atoms with Gasteiger partial charge in [0.25, 0.3) is 0 Å². The molecule has 270 valence electrons. The number of hydrogen-bond acceptors (Lipinski definition) is 8. The standard InChI is InChI=1S/C39H49N7O5/c1-23(2)33(44-38(49)51-5)36(47)46-19-7-9-32(46)35-42-22-30(43-35)27-16-14-25(15-17-27)24-10-12-26(13-11-24)28-20-29(41-21-28)31-8-6-18-45(31)37(48)34(40)39(3,4)50/h10-17,21-23,31-34,50H,6-9,18-20,40H2,1-5H3,(H,42,43)(H,44,49)/t31-,32-,33-,34+/m0/s1. The Bertz CT molecular complexity index is 1810. The maximum atomic E-state index is 13.5. The van der Waals surface area contributed by atoms with Crippen LogP contribution in [0.4, 0.5) is 4.79 Å². The van der Waals surface area contributed by atoms with Crippen LogP contribution in [0.1, 0.15) is 77.2 Å². The Morgan fingerprint density at radius 2 is 1.49 bits per heavy atom. The molecule has 3 aliphatic rings. The van der Waals surface area contributed by atoms with Gasteiger partial charge in [-0.05, 0) is 73.3 Å². The van der Waals surface area contributed by atoms with E-state index in [0.29, 0.717) is 19.5 Å². The number of hydrogen-bond donors (Lipinski definition) is 4. The zero-order chi connectivity index (χ0) is 36.4. The third kappa shape index (κ3) is 7.62. The first-order valence-corrected chi connectivity index (χ1v) is 17.8. The average Bonchev–Trinajstić information content (AvgIpc) is 3.95. The number of ether oxygens (including phenoxy) is 1. The fourth-order valence-electron chi connectivity index (χ4n) is 7.25. The number of rotatable bonds is 10. The number of alkyl carbamates (subject to hydrolysis) is 1. The van der Waals surface area contributed by atoms with Crippen molar-refractivity contribution in [1.29, 1.82) is 0 Å². The van der Waals surface area contributed by atoms with Gasteiger partial charge in [-0.2, -0.15) is 0 Å². The number of nitrogens with zero attached hydrogens (tertiary/aromatic N) is 4. The molecule has 4 heterocycles. The summed E-state index contributed by atoms with van der Waals surface area (Å²) in [4.78, 5) is 54.9. The number of aliphatic imine (C=N–C) groups is 1. The van der Waals surface area contributed by atoms with Gasteiger partial charge in [0.1, 0.15) is 17.9 Å². The number of imidazole rings is 1. The first-order chi connectivity index (χ1) is 24.3. The van der Waals surface area contributed by atoms with Crippen LogP contribution in [0.2, 0.25) is 0 Å². The van der Waals surface area contributed by atoms with E-state index < -0.39 is 23.8 Å². The van der Waals surface area contributed by atoms with Gasteiger partial charge in [0.2, 0.25) is 11.8 Å². The molecule has 3 aromatic rings. The van der Waals surface area contributed by atoms with Gasteiger partial charge in [0.15, 0.2) is 0 Å². The molecule has 0 spiro atoms. The van der Waals surface area contributed by atoms with Crippen molar-refractivity contribution in [1.82, 2.24) is 25.1 Å². The molecule has 0 radical (unpaired) electrons. The van der Waals surface area contributed by atoms with Crippen LogP contribution in [0, 0.1) is 5.92 Å². The number of benzene rings is 2. The molecule has 1 aromatic heterocycles. The number of nitrogens with one attached hydrogen (secondary N) is 2. The van der Waals surface area contributed by atoms with Crippen LogP contribution in [-0.4, -0.2) is 92.4 Å². The summed E-state index contributed by atoms with van der Waals surface area (Å²) in [6, 6.07) is 14.8. The first-order valence-electron chi connectivity index (χ1n) is 17.8. The second-order valence-corrected chi connectivity index (χ2v) is 14.7. The van der Waals surface area contributed by atoms with Crippen LogP contribution in [0.5, 0.6) is 0 Å². The van der Waals surface area contributed by atoms with Crippen molar-refractivity contribution in [2.75, 3.05) is 20.2 Å². The Balaban J connectivity index is 1.08. The molecule has 0 aliphatic carbocycles. The third-order valence-corrected chi connectivity index (χ3v) is 10.3. The highest BCUT2D eigenvalue weighted by Crippen LogP contribution is 2.34. The molecule has 0 bridgehead atoms. The summed E-state index contributed by atoms with van der Waals surface area (Å²) >= 11 is 0. The van der Waals surface area contributed by atoms with E-state index in [1.54, 1.807) is 24.9 Å². The van der Waals surface area contributed by atoms with Gasteiger partial charge in [-0.3, -0.25) is 14.6 Å². The topological polar surface area (TPSA) is 166 Å². The molecule has 0 saturated carbocycles. The van der Waals surface area contributed by atoms with Crippen molar-refractivity contribution in [3.05, 3.63) is 72.3 Å². The quantitative estimate of drug-likeness (QED) is 0.230. The zero-order valence-electron chi connectivity index (χ0n) is 30.1. The van der Waals surface area contributed by atoms with Gasteiger partial charge in [0.05, 0.1) is 36.7 Å². The van der Waals surface area contributed by atoms with E-state index in [9.17, 15) is 19.5 Å². The minimum Gasteiger partial charge on any atom is -0.453 e. The Labute approximate surface area is 299 Å². The molecule has 3 aliphatic heterocycles. The number of likely N-dealkylation sites (tertiary alicyclic amines) is 2. The maximum Gasteiger partial charge on any atom is 0.407 e. The van der Waals surface area contributed by atoms with Crippen molar-refractivity contribution < 1.29 is 24.2 Å². The number of amides is 3. The van der Waals surface area contributed by atoms with E-state index in [1.807, 2.05) is 24.9 Å². The van der Waals surface area contributed by atoms with Crippen LogP contribution in [-0.2, 0) is 14.3 Å². The lowest BCUT2D eigenvalue weighted by Crippen LogP contribution is -2.56. The number of aliphatic hydroxyl groups is 1. The summed E-state index contributed by atoms with van der Waals surface area (Å²) in [5, 5.41) is 13.0. The third-order valence-electron chi connectivity index (χ3n) is 10.3. The van der Waals surface area contributed by atoms with E-state index in [-0.39, 0.29) is 29.8 Å². The largest absolute Gasteiger partial charge is 0.453 e. The lowest BCUT2D eigenvalue weighted by atomic mass is 9.95. The van der Waals surface area contributed by atoms with Gasteiger partial charge in [-0.15, -0.1) is 0 Å². The molecule has 5 N–H and O–H groups in total. The Morgan fingerprint density at radius 1 is 0.922 bits per heavy atom. The minimum absolute atomic E-state index is 0.0979. The van der Waals surface area contributed by atoms with Gasteiger partial charge in [0, 0.05) is 31.4 Å². The SMILES string of the molecule is COC(=O)N[C@H](C(=O)N1CCC[C@H]1c1ncc(-c2ccc(-c3ccc(C4=CN=C([C@@H]5CCCN5C(=O)[C@@H](N)C(C)(C)O)C4)cc3)cc2)[nH]1)C(C)C. The van der Waals surface area contributed by atoms with E-state index >= 15 is 0 Å². The van der Waals surface area contributed by atoms with E-state index in [2.05, 4.69) is 63.8 Å². The zero-order valence-corrected chi connectivity index (χ0v) is 30.1. The number of H-pyrrole nitrogens is 1. The predicted octanol–water partition coefficient (Wildman–Crippen LogP) is 5.06. The maximum absolute atomic E-state index is 13.5. The minimum atomic E-state index is -1.29. The lowest BCUT2D eigenvalue weighted by molar-refractivity contribution is -0.137. The molecule has 2 saturated heterocycles. The second-order valence-electron chi connectivity index (χ2n) is 14.7. The van der Waals surface area contributed by atoms with Crippen molar-refractivity contribution in [3.8, 4) is 22.4 Å². The summed E-state index contributed by atoms with van der Waals surface area (Å²) in [5.41, 5.74) is 12.0. The highest BCUT2D eigenvalue weighted by Gasteiger charge is 2.40. The molecule has 2 aromatic carbocycles. The van der Waals surface area contributed by atoms with Gasteiger partial charge < -0.3 is 35.7 Å². The number of aromatic amines is 1. The van der Waals surface area contributed by atoms with Crippen molar-refractivity contribution in [2.24, 2.45) is 16.6 Å². The lowest BCUT2D eigenvalue weighted by Gasteiger charge is -2.32. The van der Waals surface area contributed by atoms with Gasteiger partial charge in [-0.1, -0.05) is 62.4 Å². The van der Waals surface area contributed by atoms with Crippen molar-refractivity contribution in [2.45, 2.75) is 89.6 Å². The number of methoxy groups -OCH3 is 1.